The van der Waals surface area contributed by atoms with E-state index in [4.69, 9.17) is 10.5 Å². The summed E-state index contributed by atoms with van der Waals surface area (Å²) >= 11 is 0. The molecule has 0 aliphatic rings. The maximum atomic E-state index is 13.1. The Bertz CT molecular complexity index is 856. The zero-order valence-electron chi connectivity index (χ0n) is 18.4. The van der Waals surface area contributed by atoms with Gasteiger partial charge in [-0.15, -0.1) is 0 Å². The molecule has 0 aliphatic heterocycles. The molecule has 0 unspecified atom stereocenters. The summed E-state index contributed by atoms with van der Waals surface area (Å²) in [6.07, 6.45) is 0. The molecule has 0 heterocycles. The van der Waals surface area contributed by atoms with Crippen LogP contribution >= 0.6 is 0 Å². The summed E-state index contributed by atoms with van der Waals surface area (Å²) in [5.41, 5.74) is 8.10. The number of hydrogen-bond acceptors (Lipinski definition) is 3. The third-order valence-electron chi connectivity index (χ3n) is 4.86. The van der Waals surface area contributed by atoms with Crippen molar-refractivity contribution in [1.29, 1.82) is 0 Å². The minimum Gasteiger partial charge on any atom is -0.496 e. The van der Waals surface area contributed by atoms with Crippen molar-refractivity contribution in [3.05, 3.63) is 64.7 Å². The van der Waals surface area contributed by atoms with E-state index in [2.05, 4.69) is 46.9 Å². The molecule has 0 saturated carbocycles. The monoisotopic (exact) mass is 396 g/mol. The van der Waals surface area contributed by atoms with E-state index in [-0.39, 0.29) is 16.7 Å². The van der Waals surface area contributed by atoms with Crippen molar-refractivity contribution in [2.45, 2.75) is 58.4 Å². The summed E-state index contributed by atoms with van der Waals surface area (Å²) in [4.78, 5) is 25.1. The van der Waals surface area contributed by atoms with Gasteiger partial charge in [0.25, 0.3) is 5.91 Å². The van der Waals surface area contributed by atoms with Crippen LogP contribution in [0.3, 0.4) is 0 Å². The lowest BCUT2D eigenvalue weighted by molar-refractivity contribution is -0.120. The Hall–Kier alpha value is -2.82. The fourth-order valence-corrected chi connectivity index (χ4v) is 3.27. The van der Waals surface area contributed by atoms with Gasteiger partial charge in [0.05, 0.1) is 7.11 Å². The lowest BCUT2D eigenvalue weighted by Crippen LogP contribution is -2.37. The Kier molecular flexibility index (Phi) is 6.41. The van der Waals surface area contributed by atoms with Crippen LogP contribution in [0, 0.1) is 0 Å². The summed E-state index contributed by atoms with van der Waals surface area (Å²) in [6.45, 7) is 12.5. The number of nitrogens with one attached hydrogen (secondary N) is 1. The van der Waals surface area contributed by atoms with Crippen LogP contribution in [0.15, 0.2) is 42.5 Å². The highest BCUT2D eigenvalue weighted by Gasteiger charge is 2.29. The van der Waals surface area contributed by atoms with E-state index in [0.717, 1.165) is 16.9 Å². The third kappa shape index (κ3) is 5.17. The topological polar surface area (TPSA) is 81.4 Å². The molecule has 0 radical (unpaired) electrons. The van der Waals surface area contributed by atoms with Crippen LogP contribution in [0.4, 0.5) is 0 Å². The van der Waals surface area contributed by atoms with Crippen LogP contribution in [0.5, 0.6) is 5.75 Å². The van der Waals surface area contributed by atoms with Gasteiger partial charge in [0, 0.05) is 16.7 Å². The number of amides is 2. The van der Waals surface area contributed by atoms with E-state index in [9.17, 15) is 9.59 Å². The van der Waals surface area contributed by atoms with Crippen molar-refractivity contribution >= 4 is 11.8 Å². The molecule has 0 saturated heterocycles. The molecule has 5 heteroatoms. The van der Waals surface area contributed by atoms with E-state index in [1.807, 2.05) is 18.2 Å². The maximum Gasteiger partial charge on any atom is 0.252 e. The standard InChI is InChI=1S/C24H32N2O3/c1-23(2,3)17-13-16(14-18(20(17)29-7)24(4,5)6)22(28)26-19(21(25)27)15-11-9-8-10-12-15/h8-14,19H,1-7H3,(H2,25,27)(H,26,28)/t19-/m0/s1. The Morgan fingerprint density at radius 1 is 0.931 bits per heavy atom. The number of rotatable bonds is 5. The minimum atomic E-state index is -0.901. The van der Waals surface area contributed by atoms with Crippen LogP contribution in [-0.2, 0) is 15.6 Å². The van der Waals surface area contributed by atoms with E-state index < -0.39 is 11.9 Å². The molecule has 0 spiro atoms. The second-order valence-corrected chi connectivity index (χ2v) is 9.32. The maximum absolute atomic E-state index is 13.1. The van der Waals surface area contributed by atoms with Gasteiger partial charge in [-0.3, -0.25) is 9.59 Å². The molecular formula is C24H32N2O3. The molecular weight excluding hydrogens is 364 g/mol. The molecule has 1 atom stereocenters. The number of ether oxygens (including phenoxy) is 1. The molecule has 0 fully saturated rings. The fraction of sp³-hybridized carbons (Fsp3) is 0.417. The normalized spacial score (nSPS) is 12.9. The highest BCUT2D eigenvalue weighted by Crippen LogP contribution is 2.40. The van der Waals surface area contributed by atoms with Crippen molar-refractivity contribution in [3.8, 4) is 5.75 Å². The van der Waals surface area contributed by atoms with Gasteiger partial charge in [0.2, 0.25) is 5.91 Å². The van der Waals surface area contributed by atoms with Gasteiger partial charge in [0.1, 0.15) is 11.8 Å². The van der Waals surface area contributed by atoms with Crippen LogP contribution < -0.4 is 15.8 Å². The zero-order valence-corrected chi connectivity index (χ0v) is 18.4. The highest BCUT2D eigenvalue weighted by molar-refractivity contribution is 5.98. The fourth-order valence-electron chi connectivity index (χ4n) is 3.27. The predicted octanol–water partition coefficient (Wildman–Crippen LogP) is 4.25. The SMILES string of the molecule is COc1c(C(C)(C)C)cc(C(=O)N[C@H](C(N)=O)c2ccccc2)cc1C(C)(C)C. The molecule has 29 heavy (non-hydrogen) atoms. The second-order valence-electron chi connectivity index (χ2n) is 9.32. The van der Waals surface area contributed by atoms with Crippen LogP contribution in [0.25, 0.3) is 0 Å². The lowest BCUT2D eigenvalue weighted by Gasteiger charge is -2.30. The number of hydrogen-bond donors (Lipinski definition) is 2. The Morgan fingerprint density at radius 2 is 1.41 bits per heavy atom. The van der Waals surface area contributed by atoms with Gasteiger partial charge in [-0.05, 0) is 28.5 Å². The first kappa shape index (κ1) is 22.5. The molecule has 5 nitrogen and oxygen atoms in total. The second kappa shape index (κ2) is 8.27. The lowest BCUT2D eigenvalue weighted by atomic mass is 9.78. The van der Waals surface area contributed by atoms with Crippen LogP contribution in [0.1, 0.15) is 74.6 Å². The van der Waals surface area contributed by atoms with E-state index in [1.165, 1.54) is 0 Å². The van der Waals surface area contributed by atoms with E-state index >= 15 is 0 Å². The van der Waals surface area contributed by atoms with Gasteiger partial charge in [-0.2, -0.15) is 0 Å². The minimum absolute atomic E-state index is 0.232. The van der Waals surface area contributed by atoms with Crippen molar-refractivity contribution in [3.63, 3.8) is 0 Å². The number of carbonyl (C=O) groups is 2. The smallest absolute Gasteiger partial charge is 0.252 e. The first-order valence-corrected chi connectivity index (χ1v) is 9.74. The van der Waals surface area contributed by atoms with Crippen molar-refractivity contribution in [2.75, 3.05) is 7.11 Å². The first-order chi connectivity index (χ1) is 13.4. The van der Waals surface area contributed by atoms with Crippen LogP contribution in [0.2, 0.25) is 0 Å². The zero-order chi connectivity index (χ0) is 22.0. The molecule has 2 aromatic carbocycles. The number of nitrogens with two attached hydrogens (primary N) is 1. The average molecular weight is 397 g/mol. The summed E-state index contributed by atoms with van der Waals surface area (Å²) in [5, 5.41) is 2.79. The van der Waals surface area contributed by atoms with E-state index in [1.54, 1.807) is 31.4 Å². The van der Waals surface area contributed by atoms with Crippen molar-refractivity contribution < 1.29 is 14.3 Å². The van der Waals surface area contributed by atoms with Gasteiger partial charge >= 0.3 is 0 Å². The Morgan fingerprint density at radius 3 is 1.79 bits per heavy atom. The number of carbonyl (C=O) groups excluding carboxylic acids is 2. The van der Waals surface area contributed by atoms with Crippen LogP contribution in [-0.4, -0.2) is 18.9 Å². The number of primary amides is 1. The van der Waals surface area contributed by atoms with Gasteiger partial charge in [0.15, 0.2) is 0 Å². The van der Waals surface area contributed by atoms with Crippen molar-refractivity contribution in [1.82, 2.24) is 5.32 Å². The highest BCUT2D eigenvalue weighted by atomic mass is 16.5. The van der Waals surface area contributed by atoms with Gasteiger partial charge < -0.3 is 15.8 Å². The summed E-state index contributed by atoms with van der Waals surface area (Å²) in [6, 6.07) is 11.8. The number of benzene rings is 2. The summed E-state index contributed by atoms with van der Waals surface area (Å²) < 4.78 is 5.75. The molecule has 156 valence electrons. The molecule has 0 aromatic heterocycles. The molecule has 2 rings (SSSR count). The molecule has 2 aromatic rings. The van der Waals surface area contributed by atoms with Crippen molar-refractivity contribution in [2.24, 2.45) is 5.73 Å². The molecule has 0 bridgehead atoms. The molecule has 2 amide bonds. The average Bonchev–Trinajstić information content (AvgIpc) is 2.63. The first-order valence-electron chi connectivity index (χ1n) is 9.74. The largest absolute Gasteiger partial charge is 0.496 e. The van der Waals surface area contributed by atoms with Gasteiger partial charge in [-0.1, -0.05) is 71.9 Å². The van der Waals surface area contributed by atoms with Gasteiger partial charge in [-0.25, -0.2) is 0 Å². The Labute approximate surface area is 173 Å². The predicted molar refractivity (Wildman–Crippen MR) is 116 cm³/mol. The summed E-state index contributed by atoms with van der Waals surface area (Å²) in [5.74, 6) is -0.169. The number of methoxy groups -OCH3 is 1. The molecule has 0 aliphatic carbocycles. The van der Waals surface area contributed by atoms with E-state index in [0.29, 0.717) is 11.1 Å². The quantitative estimate of drug-likeness (QED) is 0.793. The summed E-state index contributed by atoms with van der Waals surface area (Å²) in [7, 11) is 1.65. The Balaban J connectivity index is 2.55. The molecule has 3 N–H and O–H groups in total. The third-order valence-corrected chi connectivity index (χ3v) is 4.86.